The topological polar surface area (TPSA) is 12.0 Å². The fourth-order valence-electron chi connectivity index (χ4n) is 3.57. The molecule has 1 nitrogen and oxygen atoms in total. The van der Waals surface area contributed by atoms with E-state index in [-0.39, 0.29) is 0 Å². The second-order valence-electron chi connectivity index (χ2n) is 6.28. The van der Waals surface area contributed by atoms with Crippen molar-refractivity contribution in [2.75, 3.05) is 0 Å². The summed E-state index contributed by atoms with van der Waals surface area (Å²) < 4.78 is 0. The standard InChI is InChI=1S/C18H20ClNS/c19-17-6-2-1-5-16(17)13-8-14(9-13)20-11-15-10-12-4-3-7-18(12)21-15/h1-2,5-6,10,13-14,20H,3-4,7-9,11H2. The van der Waals surface area contributed by atoms with E-state index in [0.29, 0.717) is 12.0 Å². The van der Waals surface area contributed by atoms with Gasteiger partial charge < -0.3 is 5.32 Å². The Morgan fingerprint density at radius 1 is 1.19 bits per heavy atom. The Kier molecular flexibility index (Phi) is 3.78. The molecule has 2 aromatic rings. The molecule has 1 N–H and O–H groups in total. The van der Waals surface area contributed by atoms with Crippen molar-refractivity contribution in [3.8, 4) is 0 Å². The van der Waals surface area contributed by atoms with Crippen molar-refractivity contribution in [1.82, 2.24) is 5.32 Å². The Morgan fingerprint density at radius 3 is 2.86 bits per heavy atom. The van der Waals surface area contributed by atoms with Gasteiger partial charge in [0.1, 0.15) is 0 Å². The van der Waals surface area contributed by atoms with Crippen molar-refractivity contribution in [1.29, 1.82) is 0 Å². The maximum atomic E-state index is 6.28. The predicted molar refractivity (Wildman–Crippen MR) is 90.4 cm³/mol. The molecule has 1 aromatic heterocycles. The third kappa shape index (κ3) is 2.77. The maximum absolute atomic E-state index is 6.28. The summed E-state index contributed by atoms with van der Waals surface area (Å²) in [4.78, 5) is 3.15. The van der Waals surface area contributed by atoms with E-state index in [1.165, 1.54) is 42.5 Å². The van der Waals surface area contributed by atoms with E-state index < -0.39 is 0 Å². The van der Waals surface area contributed by atoms with Gasteiger partial charge in [-0.05, 0) is 61.3 Å². The molecule has 3 heteroatoms. The third-order valence-corrected chi connectivity index (χ3v) is 6.43. The molecular formula is C18H20ClNS. The van der Waals surface area contributed by atoms with Crippen LogP contribution in [-0.4, -0.2) is 6.04 Å². The summed E-state index contributed by atoms with van der Waals surface area (Å²) in [5, 5.41) is 4.64. The van der Waals surface area contributed by atoms with Gasteiger partial charge in [-0.15, -0.1) is 11.3 Å². The van der Waals surface area contributed by atoms with Crippen molar-refractivity contribution >= 4 is 22.9 Å². The Morgan fingerprint density at radius 2 is 2.05 bits per heavy atom. The van der Waals surface area contributed by atoms with Crippen molar-refractivity contribution in [2.45, 2.75) is 50.6 Å². The average Bonchev–Trinajstić information content (AvgIpc) is 2.99. The molecule has 2 aliphatic carbocycles. The van der Waals surface area contributed by atoms with Crippen LogP contribution < -0.4 is 5.32 Å². The summed E-state index contributed by atoms with van der Waals surface area (Å²) >= 11 is 8.29. The Hall–Kier alpha value is -0.830. The molecule has 1 heterocycles. The SMILES string of the molecule is Clc1ccccc1C1CC(NCc2cc3c(s2)CCC3)C1. The van der Waals surface area contributed by atoms with Gasteiger partial charge in [0.15, 0.2) is 0 Å². The fourth-order valence-corrected chi connectivity index (χ4v) is 5.07. The highest BCUT2D eigenvalue weighted by Crippen LogP contribution is 2.40. The lowest BCUT2D eigenvalue weighted by Crippen LogP contribution is -2.39. The van der Waals surface area contributed by atoms with Crippen LogP contribution in [-0.2, 0) is 19.4 Å². The molecule has 0 bridgehead atoms. The summed E-state index contributed by atoms with van der Waals surface area (Å²) in [6, 6.07) is 11.4. The molecule has 110 valence electrons. The normalized spacial score (nSPS) is 23.9. The number of thiophene rings is 1. The van der Waals surface area contributed by atoms with Gasteiger partial charge in [0.2, 0.25) is 0 Å². The fraction of sp³-hybridized carbons (Fsp3) is 0.444. The summed E-state index contributed by atoms with van der Waals surface area (Å²) in [6.07, 6.45) is 6.39. The summed E-state index contributed by atoms with van der Waals surface area (Å²) in [6.45, 7) is 1.04. The number of aryl methyl sites for hydroxylation is 2. The van der Waals surface area contributed by atoms with Gasteiger partial charge in [0.25, 0.3) is 0 Å². The zero-order chi connectivity index (χ0) is 14.2. The first-order valence-corrected chi connectivity index (χ1v) is 9.07. The molecule has 1 saturated carbocycles. The van der Waals surface area contributed by atoms with Crippen molar-refractivity contribution in [3.63, 3.8) is 0 Å². The average molecular weight is 318 g/mol. The molecule has 4 rings (SSSR count). The van der Waals surface area contributed by atoms with Crippen LogP contribution in [0, 0.1) is 0 Å². The van der Waals surface area contributed by atoms with Gasteiger partial charge in [0, 0.05) is 27.4 Å². The minimum atomic E-state index is 0.643. The number of hydrogen-bond donors (Lipinski definition) is 1. The van der Waals surface area contributed by atoms with E-state index in [2.05, 4.69) is 23.5 Å². The van der Waals surface area contributed by atoms with Crippen LogP contribution in [0.4, 0.5) is 0 Å². The molecule has 1 fully saturated rings. The second kappa shape index (κ2) is 5.75. The molecule has 0 saturated heterocycles. The summed E-state index contributed by atoms with van der Waals surface area (Å²) in [5.74, 6) is 0.643. The zero-order valence-corrected chi connectivity index (χ0v) is 13.6. The van der Waals surface area contributed by atoms with Crippen molar-refractivity contribution < 1.29 is 0 Å². The van der Waals surface area contributed by atoms with Crippen LogP contribution in [0.1, 0.15) is 46.1 Å². The zero-order valence-electron chi connectivity index (χ0n) is 12.1. The number of hydrogen-bond acceptors (Lipinski definition) is 2. The van der Waals surface area contributed by atoms with Crippen LogP contribution >= 0.6 is 22.9 Å². The van der Waals surface area contributed by atoms with Crippen molar-refractivity contribution in [3.05, 3.63) is 56.2 Å². The van der Waals surface area contributed by atoms with Crippen LogP contribution in [0.5, 0.6) is 0 Å². The van der Waals surface area contributed by atoms with Crippen molar-refractivity contribution in [2.24, 2.45) is 0 Å². The van der Waals surface area contributed by atoms with E-state index in [1.54, 1.807) is 10.4 Å². The molecule has 0 spiro atoms. The Bertz CT molecular complexity index is 621. The first kappa shape index (κ1) is 13.8. The van der Waals surface area contributed by atoms with Gasteiger partial charge in [-0.25, -0.2) is 0 Å². The van der Waals surface area contributed by atoms with E-state index in [0.717, 1.165) is 11.6 Å². The highest BCUT2D eigenvalue weighted by molar-refractivity contribution is 7.12. The molecule has 0 radical (unpaired) electrons. The lowest BCUT2D eigenvalue weighted by Gasteiger charge is -2.36. The molecule has 21 heavy (non-hydrogen) atoms. The van der Waals surface area contributed by atoms with E-state index in [1.807, 2.05) is 23.5 Å². The Balaban J connectivity index is 1.29. The molecule has 2 aliphatic rings. The smallest absolute Gasteiger partial charge is 0.0440 e. The third-order valence-electron chi connectivity index (χ3n) is 4.85. The summed E-state index contributed by atoms with van der Waals surface area (Å²) in [5.41, 5.74) is 2.94. The van der Waals surface area contributed by atoms with Crippen LogP contribution in [0.25, 0.3) is 0 Å². The van der Waals surface area contributed by atoms with Gasteiger partial charge in [-0.3, -0.25) is 0 Å². The van der Waals surface area contributed by atoms with E-state index in [4.69, 9.17) is 11.6 Å². The molecule has 0 amide bonds. The predicted octanol–water partition coefficient (Wildman–Crippen LogP) is 4.93. The largest absolute Gasteiger partial charge is 0.309 e. The highest BCUT2D eigenvalue weighted by atomic mass is 35.5. The molecule has 1 aromatic carbocycles. The first-order chi connectivity index (χ1) is 10.3. The first-order valence-electron chi connectivity index (χ1n) is 7.88. The monoisotopic (exact) mass is 317 g/mol. The minimum absolute atomic E-state index is 0.643. The second-order valence-corrected chi connectivity index (χ2v) is 7.91. The van der Waals surface area contributed by atoms with Crippen LogP contribution in [0.15, 0.2) is 30.3 Å². The number of halogens is 1. The quantitative estimate of drug-likeness (QED) is 0.843. The highest BCUT2D eigenvalue weighted by Gasteiger charge is 2.31. The van der Waals surface area contributed by atoms with E-state index >= 15 is 0 Å². The molecule has 0 unspecified atom stereocenters. The number of nitrogens with one attached hydrogen (secondary N) is 1. The number of benzene rings is 1. The lowest BCUT2D eigenvalue weighted by atomic mass is 9.76. The van der Waals surface area contributed by atoms with Gasteiger partial charge >= 0.3 is 0 Å². The molecule has 0 atom stereocenters. The van der Waals surface area contributed by atoms with Crippen LogP contribution in [0.3, 0.4) is 0 Å². The minimum Gasteiger partial charge on any atom is -0.309 e. The molecule has 0 aliphatic heterocycles. The number of rotatable bonds is 4. The lowest BCUT2D eigenvalue weighted by molar-refractivity contribution is 0.290. The van der Waals surface area contributed by atoms with Crippen LogP contribution in [0.2, 0.25) is 5.02 Å². The van der Waals surface area contributed by atoms with Gasteiger partial charge in [-0.2, -0.15) is 0 Å². The molecular weight excluding hydrogens is 298 g/mol. The maximum Gasteiger partial charge on any atom is 0.0440 e. The van der Waals surface area contributed by atoms with Gasteiger partial charge in [-0.1, -0.05) is 29.8 Å². The van der Waals surface area contributed by atoms with E-state index in [9.17, 15) is 0 Å². The van der Waals surface area contributed by atoms with Gasteiger partial charge in [0.05, 0.1) is 0 Å². The summed E-state index contributed by atoms with van der Waals surface area (Å²) in [7, 11) is 0. The number of fused-ring (bicyclic) bond motifs is 1. The Labute approximate surface area is 135 Å².